The van der Waals surface area contributed by atoms with Crippen LogP contribution in [-0.4, -0.2) is 54.5 Å². The Morgan fingerprint density at radius 2 is 1.76 bits per heavy atom. The fourth-order valence-corrected chi connectivity index (χ4v) is 7.43. The van der Waals surface area contributed by atoms with Gasteiger partial charge >= 0.3 is 29.2 Å². The van der Waals surface area contributed by atoms with Crippen LogP contribution in [0.4, 0.5) is 5.82 Å². The van der Waals surface area contributed by atoms with E-state index in [-0.39, 0.29) is 5.82 Å². The predicted octanol–water partition coefficient (Wildman–Crippen LogP) is -0.858. The number of aliphatic hydroxyl groups is 2. The Morgan fingerprint density at radius 1 is 1.17 bits per heavy atom. The molecular formula is C10H16N3O13P3. The molecular weight excluding hydrogens is 463 g/mol. The van der Waals surface area contributed by atoms with Gasteiger partial charge in [-0.2, -0.15) is 17.9 Å². The van der Waals surface area contributed by atoms with Gasteiger partial charge in [-0.25, -0.2) is 18.5 Å². The summed E-state index contributed by atoms with van der Waals surface area (Å²) < 4.78 is 57.7. The minimum Gasteiger partial charge on any atom is -0.387 e. The van der Waals surface area contributed by atoms with Crippen molar-refractivity contribution in [3.63, 3.8) is 0 Å². The number of hydrogen-bond acceptors (Lipinski definition) is 13. The second-order valence-corrected chi connectivity index (χ2v) is 11.0. The highest BCUT2D eigenvalue weighted by Crippen LogP contribution is 2.80. The number of ether oxygens (including phenoxy) is 1. The third kappa shape index (κ3) is 4.85. The molecule has 3 heterocycles. The molecule has 2 aliphatic heterocycles. The number of nitrogens with two attached hydrogens (primary N) is 1. The summed E-state index contributed by atoms with van der Waals surface area (Å²) in [5.41, 5.74) is 5.00. The molecule has 0 aromatic carbocycles. The molecule has 6 atom stereocenters. The number of rotatable bonds is 4. The summed E-state index contributed by atoms with van der Waals surface area (Å²) in [4.78, 5) is 33.9. The Kier molecular flexibility index (Phi) is 5.95. The van der Waals surface area contributed by atoms with Crippen LogP contribution in [0.1, 0.15) is 11.8 Å². The molecule has 29 heavy (non-hydrogen) atoms. The lowest BCUT2D eigenvalue weighted by molar-refractivity contribution is -0.0545. The van der Waals surface area contributed by atoms with Gasteiger partial charge in [0.1, 0.15) is 24.1 Å². The van der Waals surface area contributed by atoms with Crippen LogP contribution in [-0.2, 0) is 35.9 Å². The van der Waals surface area contributed by atoms with E-state index in [4.69, 9.17) is 10.5 Å². The van der Waals surface area contributed by atoms with Crippen molar-refractivity contribution in [2.45, 2.75) is 31.5 Å². The maximum Gasteiger partial charge on any atom is 0.492 e. The highest BCUT2D eigenvalue weighted by molar-refractivity contribution is 7.74. The van der Waals surface area contributed by atoms with Gasteiger partial charge in [-0.1, -0.05) is 0 Å². The molecule has 0 bridgehead atoms. The van der Waals surface area contributed by atoms with Crippen molar-refractivity contribution in [1.29, 1.82) is 0 Å². The van der Waals surface area contributed by atoms with Gasteiger partial charge in [0.25, 0.3) is 0 Å². The molecule has 2 saturated heterocycles. The van der Waals surface area contributed by atoms with Crippen molar-refractivity contribution < 1.29 is 55.9 Å². The molecule has 6 N–H and O–H groups in total. The van der Waals surface area contributed by atoms with Gasteiger partial charge < -0.3 is 30.5 Å². The van der Waals surface area contributed by atoms with E-state index >= 15 is 0 Å². The van der Waals surface area contributed by atoms with Gasteiger partial charge in [-0.05, 0) is 6.92 Å². The first kappa shape index (κ1) is 22.7. The largest absolute Gasteiger partial charge is 0.492 e. The van der Waals surface area contributed by atoms with Crippen LogP contribution >= 0.6 is 23.5 Å². The SMILES string of the molecule is Cc1cn([C@@H]2O[C@H](COP3(=O)OP(=O)(O)OP(=O)(O)O3)[C@H](O)C2O)c(=O)nc1N. The molecule has 1 aromatic heterocycles. The molecule has 19 heteroatoms. The van der Waals surface area contributed by atoms with E-state index in [2.05, 4.69) is 22.4 Å². The fourth-order valence-electron chi connectivity index (χ4n) is 2.50. The number of aryl methyl sites for hydroxylation is 1. The zero-order valence-electron chi connectivity index (χ0n) is 14.4. The van der Waals surface area contributed by atoms with E-state index in [1.807, 2.05) is 0 Å². The van der Waals surface area contributed by atoms with Gasteiger partial charge in [0.2, 0.25) is 0 Å². The number of aromatic nitrogens is 2. The van der Waals surface area contributed by atoms with Crippen LogP contribution in [0, 0.1) is 6.92 Å². The molecule has 16 nitrogen and oxygen atoms in total. The molecule has 2 fully saturated rings. The van der Waals surface area contributed by atoms with Gasteiger partial charge in [0.15, 0.2) is 6.23 Å². The zero-order valence-corrected chi connectivity index (χ0v) is 17.1. The molecule has 0 radical (unpaired) electrons. The molecule has 1 aromatic rings. The second-order valence-electron chi connectivity index (χ2n) is 5.97. The molecule has 0 saturated carbocycles. The third-order valence-corrected chi connectivity index (χ3v) is 9.16. The lowest BCUT2D eigenvalue weighted by Gasteiger charge is -2.27. The summed E-state index contributed by atoms with van der Waals surface area (Å²) in [5.74, 6) is -0.0482. The Balaban J connectivity index is 1.76. The van der Waals surface area contributed by atoms with E-state index in [0.717, 1.165) is 4.57 Å². The van der Waals surface area contributed by atoms with E-state index < -0.39 is 60.3 Å². The van der Waals surface area contributed by atoms with E-state index in [1.54, 1.807) is 0 Å². The summed E-state index contributed by atoms with van der Waals surface area (Å²) in [6.07, 6.45) is -5.04. The molecule has 0 spiro atoms. The van der Waals surface area contributed by atoms with E-state index in [0.29, 0.717) is 5.56 Å². The molecule has 3 rings (SSSR count). The maximum absolute atomic E-state index is 12.2. The zero-order chi connectivity index (χ0) is 21.8. The quantitative estimate of drug-likeness (QED) is 0.330. The molecule has 3 unspecified atom stereocenters. The molecule has 2 aliphatic rings. The topological polar surface area (TPSA) is 239 Å². The van der Waals surface area contributed by atoms with Crippen molar-refractivity contribution in [2.24, 2.45) is 0 Å². The van der Waals surface area contributed by atoms with Crippen LogP contribution in [0.5, 0.6) is 0 Å². The molecule has 0 amide bonds. The standard InChI is InChI=1S/C10H16N3O13P3/c1-4-2-13(10(16)12-8(4)11)9-7(15)6(14)5(23-9)3-22-29(21)25-27(17,18)24-28(19,20)26-29/h2,5-7,9,14-15H,3H2,1H3,(H,17,18)(H,19,20)(H2,11,12,16)/t5-,6+,7?,9-/m1/s1. The van der Waals surface area contributed by atoms with E-state index in [9.17, 15) is 38.5 Å². The molecule has 0 aliphatic carbocycles. The monoisotopic (exact) mass is 479 g/mol. The first-order valence-electron chi connectivity index (χ1n) is 7.63. The van der Waals surface area contributed by atoms with Crippen molar-refractivity contribution in [3.8, 4) is 0 Å². The summed E-state index contributed by atoms with van der Waals surface area (Å²) in [6.45, 7) is 0.630. The fraction of sp³-hybridized carbons (Fsp3) is 0.600. The lowest BCUT2D eigenvalue weighted by Crippen LogP contribution is -2.36. The number of nitrogens with zero attached hydrogens (tertiary/aromatic N) is 2. The number of nitrogen functional groups attached to an aromatic ring is 1. The number of hydrogen-bond donors (Lipinski definition) is 5. The van der Waals surface area contributed by atoms with Crippen LogP contribution in [0.2, 0.25) is 0 Å². The molecule has 164 valence electrons. The Hall–Kier alpha value is -0.990. The van der Waals surface area contributed by atoms with Crippen LogP contribution in [0.15, 0.2) is 11.0 Å². The predicted molar refractivity (Wildman–Crippen MR) is 90.0 cm³/mol. The van der Waals surface area contributed by atoms with Gasteiger partial charge in [0.05, 0.1) is 6.61 Å². The van der Waals surface area contributed by atoms with Gasteiger partial charge in [0, 0.05) is 11.8 Å². The minimum atomic E-state index is -5.24. The summed E-state index contributed by atoms with van der Waals surface area (Å²) in [6, 6.07) is 0. The summed E-state index contributed by atoms with van der Waals surface area (Å²) in [7, 11) is -15.6. The average Bonchev–Trinajstić information content (AvgIpc) is 2.81. The van der Waals surface area contributed by atoms with Gasteiger partial charge in [-0.3, -0.25) is 9.09 Å². The normalized spacial score (nSPS) is 42.8. The minimum absolute atomic E-state index is 0.0482. The Bertz CT molecular complexity index is 984. The highest BCUT2D eigenvalue weighted by Gasteiger charge is 2.55. The lowest BCUT2D eigenvalue weighted by atomic mass is 10.1. The Morgan fingerprint density at radius 3 is 2.34 bits per heavy atom. The van der Waals surface area contributed by atoms with Crippen LogP contribution in [0.3, 0.4) is 0 Å². The highest BCUT2D eigenvalue weighted by atomic mass is 31.3. The maximum atomic E-state index is 12.2. The van der Waals surface area contributed by atoms with Crippen molar-refractivity contribution in [1.82, 2.24) is 9.55 Å². The average molecular weight is 479 g/mol. The van der Waals surface area contributed by atoms with E-state index in [1.165, 1.54) is 13.1 Å². The second kappa shape index (κ2) is 7.61. The van der Waals surface area contributed by atoms with Gasteiger partial charge in [-0.15, -0.1) is 0 Å². The smallest absolute Gasteiger partial charge is 0.387 e. The first-order valence-corrected chi connectivity index (χ1v) is 12.1. The van der Waals surface area contributed by atoms with Crippen molar-refractivity contribution >= 4 is 29.3 Å². The van der Waals surface area contributed by atoms with Crippen LogP contribution in [0.25, 0.3) is 0 Å². The van der Waals surface area contributed by atoms with Crippen molar-refractivity contribution in [2.75, 3.05) is 12.3 Å². The number of anilines is 1. The number of phosphoric acid groups is 3. The first-order chi connectivity index (χ1) is 13.2. The Labute approximate surface area is 161 Å². The third-order valence-electron chi connectivity index (χ3n) is 3.79. The van der Waals surface area contributed by atoms with Crippen LogP contribution < -0.4 is 11.4 Å². The number of aliphatic hydroxyl groups excluding tert-OH is 2. The summed E-state index contributed by atoms with van der Waals surface area (Å²) in [5, 5.41) is 20.3. The summed E-state index contributed by atoms with van der Waals surface area (Å²) >= 11 is 0. The van der Waals surface area contributed by atoms with Crippen molar-refractivity contribution in [3.05, 3.63) is 22.2 Å².